The number of benzene rings is 1. The lowest BCUT2D eigenvalue weighted by Gasteiger charge is -2.01. The molecule has 0 aliphatic carbocycles. The van der Waals surface area contributed by atoms with Gasteiger partial charge in [-0.2, -0.15) is 0 Å². The third kappa shape index (κ3) is 1.31. The van der Waals surface area contributed by atoms with Crippen LogP contribution in [0.1, 0.15) is 10.4 Å². The summed E-state index contributed by atoms with van der Waals surface area (Å²) in [4.78, 5) is 14.6. The Morgan fingerprint density at radius 3 is 2.93 bits per heavy atom. The first-order valence-electron chi connectivity index (χ1n) is 3.95. The van der Waals surface area contributed by atoms with Crippen molar-refractivity contribution in [3.63, 3.8) is 0 Å². The molecule has 14 heavy (non-hydrogen) atoms. The van der Waals surface area contributed by atoms with Gasteiger partial charge in [0.2, 0.25) is 0 Å². The first-order valence-corrected chi connectivity index (χ1v) is 3.95. The van der Waals surface area contributed by atoms with Crippen LogP contribution >= 0.6 is 0 Å². The van der Waals surface area contributed by atoms with E-state index in [9.17, 15) is 9.18 Å². The summed E-state index contributed by atoms with van der Waals surface area (Å²) in [7, 11) is 0. The van der Waals surface area contributed by atoms with Gasteiger partial charge in [-0.15, -0.1) is 0 Å². The molecule has 0 aliphatic heterocycles. The van der Waals surface area contributed by atoms with E-state index < -0.39 is 11.8 Å². The minimum atomic E-state index is -1.15. The number of pyridine rings is 1. The molecule has 1 aromatic carbocycles. The average molecular weight is 191 g/mol. The highest BCUT2D eigenvalue weighted by Gasteiger charge is 2.10. The maximum absolute atomic E-state index is 13.0. The molecule has 1 heterocycles. The molecule has 0 atom stereocenters. The van der Waals surface area contributed by atoms with Crippen molar-refractivity contribution in [3.8, 4) is 0 Å². The number of hydrogen-bond donors (Lipinski definition) is 1. The van der Waals surface area contributed by atoms with Crippen LogP contribution in [-0.4, -0.2) is 16.1 Å². The van der Waals surface area contributed by atoms with Crippen molar-refractivity contribution in [2.24, 2.45) is 0 Å². The summed E-state index contributed by atoms with van der Waals surface area (Å²) in [5.41, 5.74) is -0.0619. The van der Waals surface area contributed by atoms with E-state index in [1.807, 2.05) is 0 Å². The molecule has 0 aliphatic rings. The molecular formula is C10H6FNO2. The van der Waals surface area contributed by atoms with Gasteiger partial charge in [0, 0.05) is 17.8 Å². The first kappa shape index (κ1) is 8.62. The highest BCUT2D eigenvalue weighted by atomic mass is 19.1. The van der Waals surface area contributed by atoms with E-state index in [2.05, 4.69) is 4.98 Å². The van der Waals surface area contributed by atoms with Gasteiger partial charge < -0.3 is 5.11 Å². The van der Waals surface area contributed by atoms with Crippen molar-refractivity contribution < 1.29 is 14.3 Å². The van der Waals surface area contributed by atoms with E-state index in [4.69, 9.17) is 5.11 Å². The van der Waals surface area contributed by atoms with Crippen LogP contribution in [0, 0.1) is 5.82 Å². The molecule has 1 N–H and O–H groups in total. The average Bonchev–Trinajstić information content (AvgIpc) is 2.16. The predicted octanol–water partition coefficient (Wildman–Crippen LogP) is 2.07. The number of halogens is 1. The second-order valence-corrected chi connectivity index (χ2v) is 2.86. The molecule has 0 fully saturated rings. The van der Waals surface area contributed by atoms with Crippen LogP contribution in [0.25, 0.3) is 10.8 Å². The van der Waals surface area contributed by atoms with Crippen molar-refractivity contribution in [2.45, 2.75) is 0 Å². The summed E-state index contributed by atoms with van der Waals surface area (Å²) in [5.74, 6) is -1.70. The Hall–Kier alpha value is -1.97. The molecule has 2 rings (SSSR count). The van der Waals surface area contributed by atoms with Gasteiger partial charge in [-0.25, -0.2) is 9.18 Å². The third-order valence-corrected chi connectivity index (χ3v) is 1.95. The summed E-state index contributed by atoms with van der Waals surface area (Å²) in [6.45, 7) is 0. The topological polar surface area (TPSA) is 50.2 Å². The molecule has 3 nitrogen and oxygen atoms in total. The van der Waals surface area contributed by atoms with E-state index in [0.717, 1.165) is 6.07 Å². The maximum Gasteiger partial charge on any atom is 0.336 e. The van der Waals surface area contributed by atoms with Gasteiger partial charge in [-0.1, -0.05) is 0 Å². The van der Waals surface area contributed by atoms with E-state index in [1.165, 1.54) is 18.5 Å². The van der Waals surface area contributed by atoms with Gasteiger partial charge in [-0.05, 0) is 23.6 Å². The van der Waals surface area contributed by atoms with Crippen LogP contribution in [0.4, 0.5) is 4.39 Å². The second-order valence-electron chi connectivity index (χ2n) is 2.86. The Morgan fingerprint density at radius 1 is 1.43 bits per heavy atom. The molecule has 70 valence electrons. The van der Waals surface area contributed by atoms with Crippen molar-refractivity contribution in [3.05, 3.63) is 42.0 Å². The molecule has 1 aromatic heterocycles. The molecule has 0 unspecified atom stereocenters. The van der Waals surface area contributed by atoms with Crippen molar-refractivity contribution in [1.29, 1.82) is 0 Å². The van der Waals surface area contributed by atoms with Crippen LogP contribution in [-0.2, 0) is 0 Å². The van der Waals surface area contributed by atoms with Crippen LogP contribution in [0.3, 0.4) is 0 Å². The molecule has 0 saturated heterocycles. The Balaban J connectivity index is 2.87. The van der Waals surface area contributed by atoms with Gasteiger partial charge >= 0.3 is 5.97 Å². The molecule has 0 amide bonds. The van der Waals surface area contributed by atoms with Gasteiger partial charge in [0.05, 0.1) is 5.56 Å². The lowest BCUT2D eigenvalue weighted by atomic mass is 10.1. The minimum Gasteiger partial charge on any atom is -0.478 e. The van der Waals surface area contributed by atoms with Crippen LogP contribution in [0.15, 0.2) is 30.6 Å². The summed E-state index contributed by atoms with van der Waals surface area (Å²) in [6.07, 6.45) is 2.91. The lowest BCUT2D eigenvalue weighted by Crippen LogP contribution is -1.98. The smallest absolute Gasteiger partial charge is 0.336 e. The standard InChI is InChI=1S/C10H6FNO2/c11-7-3-6-1-2-12-5-9(6)8(4-7)10(13)14/h1-5H,(H,13,14). The lowest BCUT2D eigenvalue weighted by molar-refractivity contribution is 0.0698. The van der Waals surface area contributed by atoms with E-state index in [0.29, 0.717) is 10.8 Å². The van der Waals surface area contributed by atoms with Gasteiger partial charge in [0.25, 0.3) is 0 Å². The number of fused-ring (bicyclic) bond motifs is 1. The number of nitrogens with zero attached hydrogens (tertiary/aromatic N) is 1. The molecule has 2 aromatic rings. The number of carboxylic acids is 1. The normalized spacial score (nSPS) is 10.4. The van der Waals surface area contributed by atoms with Gasteiger partial charge in [0.15, 0.2) is 0 Å². The Morgan fingerprint density at radius 2 is 2.21 bits per heavy atom. The van der Waals surface area contributed by atoms with Gasteiger partial charge in [0.1, 0.15) is 5.82 Å². The minimum absolute atomic E-state index is 0.0619. The number of carboxylic acid groups (broad SMARTS) is 1. The van der Waals surface area contributed by atoms with Crippen molar-refractivity contribution in [1.82, 2.24) is 4.98 Å². The van der Waals surface area contributed by atoms with Crippen LogP contribution in [0.2, 0.25) is 0 Å². The summed E-state index contributed by atoms with van der Waals surface area (Å²) < 4.78 is 13.0. The van der Waals surface area contributed by atoms with Crippen LogP contribution < -0.4 is 0 Å². The highest BCUT2D eigenvalue weighted by Crippen LogP contribution is 2.19. The number of aromatic carboxylic acids is 1. The summed E-state index contributed by atoms with van der Waals surface area (Å²) in [5, 5.41) is 9.80. The largest absolute Gasteiger partial charge is 0.478 e. The summed E-state index contributed by atoms with van der Waals surface area (Å²) >= 11 is 0. The Bertz CT molecular complexity index is 510. The molecule has 0 bridgehead atoms. The predicted molar refractivity (Wildman–Crippen MR) is 48.7 cm³/mol. The fraction of sp³-hybridized carbons (Fsp3) is 0. The zero-order valence-corrected chi connectivity index (χ0v) is 7.07. The summed E-state index contributed by atoms with van der Waals surface area (Å²) in [6, 6.07) is 3.85. The van der Waals surface area contributed by atoms with E-state index in [1.54, 1.807) is 6.07 Å². The molecule has 4 heteroatoms. The quantitative estimate of drug-likeness (QED) is 0.750. The number of carbonyl (C=O) groups is 1. The SMILES string of the molecule is O=C(O)c1cc(F)cc2ccncc12. The Kier molecular flexibility index (Phi) is 1.89. The van der Waals surface area contributed by atoms with Gasteiger partial charge in [-0.3, -0.25) is 4.98 Å². The molecule has 0 radical (unpaired) electrons. The van der Waals surface area contributed by atoms with Crippen LogP contribution in [0.5, 0.6) is 0 Å². The van der Waals surface area contributed by atoms with E-state index >= 15 is 0 Å². The number of rotatable bonds is 1. The van der Waals surface area contributed by atoms with E-state index in [-0.39, 0.29) is 5.56 Å². The fourth-order valence-electron chi connectivity index (χ4n) is 1.34. The number of aromatic nitrogens is 1. The maximum atomic E-state index is 13.0. The fourth-order valence-corrected chi connectivity index (χ4v) is 1.34. The first-order chi connectivity index (χ1) is 6.68. The molecule has 0 saturated carbocycles. The van der Waals surface area contributed by atoms with Crippen molar-refractivity contribution >= 4 is 16.7 Å². The zero-order valence-electron chi connectivity index (χ0n) is 7.07. The second kappa shape index (κ2) is 3.06. The zero-order chi connectivity index (χ0) is 10.1. The third-order valence-electron chi connectivity index (χ3n) is 1.95. The Labute approximate surface area is 78.8 Å². The monoisotopic (exact) mass is 191 g/mol. The number of hydrogen-bond acceptors (Lipinski definition) is 2. The van der Waals surface area contributed by atoms with Crippen molar-refractivity contribution in [2.75, 3.05) is 0 Å². The molecular weight excluding hydrogens is 185 g/mol. The molecule has 0 spiro atoms. The highest BCUT2D eigenvalue weighted by molar-refractivity contribution is 6.03.